The number of ether oxygens (including phenoxy) is 2. The summed E-state index contributed by atoms with van der Waals surface area (Å²) in [4.78, 5) is 57.2. The van der Waals surface area contributed by atoms with E-state index in [2.05, 4.69) is 9.88 Å². The number of hydrogen-bond acceptors (Lipinski definition) is 8. The predicted octanol–water partition coefficient (Wildman–Crippen LogP) is 2.97. The smallest absolute Gasteiger partial charge is 0.354 e. The molecule has 1 fully saturated rings. The third kappa shape index (κ3) is 5.15. The van der Waals surface area contributed by atoms with E-state index < -0.39 is 29.7 Å². The quantitative estimate of drug-likeness (QED) is 0.228. The third-order valence-electron chi connectivity index (χ3n) is 6.80. The molecule has 10 heteroatoms. The molecule has 0 saturated carbocycles. The van der Waals surface area contributed by atoms with Gasteiger partial charge in [-0.25, -0.2) is 9.59 Å². The van der Waals surface area contributed by atoms with E-state index in [1.54, 1.807) is 38.1 Å². The number of ketones is 1. The average molecular weight is 512 g/mol. The summed E-state index contributed by atoms with van der Waals surface area (Å²) in [5.74, 6) is -3.06. The highest BCUT2D eigenvalue weighted by Gasteiger charge is 2.46. The van der Waals surface area contributed by atoms with Gasteiger partial charge < -0.3 is 29.4 Å². The summed E-state index contributed by atoms with van der Waals surface area (Å²) in [6.45, 7) is 9.64. The van der Waals surface area contributed by atoms with E-state index in [0.717, 1.165) is 13.1 Å². The maximum Gasteiger partial charge on any atom is 0.354 e. The molecule has 198 valence electrons. The summed E-state index contributed by atoms with van der Waals surface area (Å²) in [5, 5.41) is 11.5. The Hall–Kier alpha value is -3.92. The molecule has 0 unspecified atom stereocenters. The third-order valence-corrected chi connectivity index (χ3v) is 6.80. The lowest BCUT2D eigenvalue weighted by Crippen LogP contribution is -2.38. The van der Waals surface area contributed by atoms with E-state index in [9.17, 15) is 24.3 Å². The van der Waals surface area contributed by atoms with Crippen molar-refractivity contribution in [2.24, 2.45) is 0 Å². The van der Waals surface area contributed by atoms with Gasteiger partial charge in [0.15, 0.2) is 0 Å². The number of nitrogens with zero attached hydrogens (tertiary/aromatic N) is 2. The zero-order valence-electron chi connectivity index (χ0n) is 22.0. The van der Waals surface area contributed by atoms with Crippen LogP contribution < -0.4 is 0 Å². The van der Waals surface area contributed by atoms with Crippen molar-refractivity contribution < 1.29 is 33.8 Å². The van der Waals surface area contributed by atoms with Gasteiger partial charge in [0.25, 0.3) is 11.7 Å². The minimum Gasteiger partial charge on any atom is -0.507 e. The van der Waals surface area contributed by atoms with Crippen LogP contribution in [0.25, 0.3) is 5.76 Å². The number of amides is 1. The highest BCUT2D eigenvalue weighted by atomic mass is 16.5. The number of aliphatic hydroxyl groups excluding tert-OH is 1. The van der Waals surface area contributed by atoms with Gasteiger partial charge >= 0.3 is 11.9 Å². The lowest BCUT2D eigenvalue weighted by Gasteiger charge is -2.28. The summed E-state index contributed by atoms with van der Waals surface area (Å²) < 4.78 is 9.58. The van der Waals surface area contributed by atoms with Crippen molar-refractivity contribution in [2.45, 2.75) is 33.7 Å². The fraction of sp³-hybridized carbons (Fsp3) is 0.407. The molecule has 1 aliphatic heterocycles. The number of aromatic nitrogens is 1. The maximum absolute atomic E-state index is 13.3. The Kier molecular flexibility index (Phi) is 8.54. The molecule has 2 N–H and O–H groups in total. The summed E-state index contributed by atoms with van der Waals surface area (Å²) in [5.41, 5.74) is 2.03. The van der Waals surface area contributed by atoms with Crippen LogP contribution in [0.1, 0.15) is 63.1 Å². The number of carbonyl (C=O) groups is 4. The number of benzene rings is 1. The standard InChI is InChI=1S/C27H33N3O7/c1-7-29(8-2)13-14-30-22(17-9-11-18(12-10-17)26(34)36-5)20(24(32)25(30)33)23(31)19-15(3)21(27(35)37-6)28-16(19)4/h9-12,22,28,31H,7-8,13-14H2,1-6H3/b23-20+/t22-/m1/s1. The van der Waals surface area contributed by atoms with Crippen molar-refractivity contribution in [1.29, 1.82) is 0 Å². The molecule has 0 bridgehead atoms. The number of rotatable bonds is 9. The molecule has 2 aromatic rings. The van der Waals surface area contributed by atoms with Crippen molar-refractivity contribution in [3.63, 3.8) is 0 Å². The Morgan fingerprint density at radius 3 is 2.16 bits per heavy atom. The molecule has 1 aliphatic rings. The van der Waals surface area contributed by atoms with Gasteiger partial charge in [-0.2, -0.15) is 0 Å². The molecule has 0 radical (unpaired) electrons. The number of aromatic amines is 1. The Labute approximate surface area is 215 Å². The van der Waals surface area contributed by atoms with E-state index in [-0.39, 0.29) is 29.1 Å². The van der Waals surface area contributed by atoms with E-state index in [0.29, 0.717) is 28.9 Å². The normalized spacial score (nSPS) is 16.9. The van der Waals surface area contributed by atoms with Gasteiger partial charge in [-0.05, 0) is 50.2 Å². The topological polar surface area (TPSA) is 129 Å². The second-order valence-electron chi connectivity index (χ2n) is 8.75. The number of hydrogen-bond donors (Lipinski definition) is 2. The van der Waals surface area contributed by atoms with Crippen LogP contribution in [0.5, 0.6) is 0 Å². The molecule has 1 aromatic heterocycles. The van der Waals surface area contributed by atoms with Crippen LogP contribution in [0.4, 0.5) is 0 Å². The number of nitrogens with one attached hydrogen (secondary N) is 1. The molecule has 2 heterocycles. The fourth-order valence-corrected chi connectivity index (χ4v) is 4.71. The van der Waals surface area contributed by atoms with Crippen molar-refractivity contribution in [2.75, 3.05) is 40.4 Å². The Morgan fingerprint density at radius 2 is 1.62 bits per heavy atom. The largest absolute Gasteiger partial charge is 0.507 e. The molecule has 37 heavy (non-hydrogen) atoms. The summed E-state index contributed by atoms with van der Waals surface area (Å²) in [6.07, 6.45) is 0. The molecule has 0 aliphatic carbocycles. The van der Waals surface area contributed by atoms with E-state index in [1.807, 2.05) is 13.8 Å². The molecule has 1 saturated heterocycles. The Bertz CT molecular complexity index is 1240. The minimum atomic E-state index is -0.891. The summed E-state index contributed by atoms with van der Waals surface area (Å²) in [6, 6.07) is 5.48. The van der Waals surface area contributed by atoms with Crippen LogP contribution in [0, 0.1) is 13.8 Å². The first-order valence-corrected chi connectivity index (χ1v) is 12.1. The monoisotopic (exact) mass is 511 g/mol. The molecule has 1 atom stereocenters. The molecule has 0 spiro atoms. The van der Waals surface area contributed by atoms with Crippen LogP contribution >= 0.6 is 0 Å². The second kappa shape index (κ2) is 11.4. The number of Topliss-reactive ketones (excluding diaryl/α,β-unsaturated/α-hetero) is 1. The number of likely N-dealkylation sites (N-methyl/N-ethyl adjacent to an activating group) is 1. The van der Waals surface area contributed by atoms with Crippen LogP contribution in [0.15, 0.2) is 29.8 Å². The van der Waals surface area contributed by atoms with Crippen molar-refractivity contribution in [3.8, 4) is 0 Å². The Morgan fingerprint density at radius 1 is 1.03 bits per heavy atom. The number of esters is 2. The number of likely N-dealkylation sites (tertiary alicyclic amines) is 1. The Balaban J connectivity index is 2.18. The number of carbonyl (C=O) groups excluding carboxylic acids is 4. The summed E-state index contributed by atoms with van der Waals surface area (Å²) >= 11 is 0. The van der Waals surface area contributed by atoms with Crippen LogP contribution in [-0.2, 0) is 19.1 Å². The van der Waals surface area contributed by atoms with Gasteiger partial charge in [-0.15, -0.1) is 0 Å². The number of H-pyrrole nitrogens is 1. The minimum absolute atomic E-state index is 0.0861. The zero-order valence-corrected chi connectivity index (χ0v) is 22.0. The highest BCUT2D eigenvalue weighted by Crippen LogP contribution is 2.40. The highest BCUT2D eigenvalue weighted by molar-refractivity contribution is 6.46. The van der Waals surface area contributed by atoms with E-state index in [4.69, 9.17) is 9.47 Å². The molecule has 10 nitrogen and oxygen atoms in total. The molecular formula is C27H33N3O7. The first-order chi connectivity index (χ1) is 17.6. The number of methoxy groups -OCH3 is 2. The van der Waals surface area contributed by atoms with Crippen LogP contribution in [0.2, 0.25) is 0 Å². The SMILES string of the molecule is CCN(CC)CCN1C(=O)C(=O)/C(=C(/O)c2c(C)[nH]c(C(=O)OC)c2C)[C@H]1c1ccc(C(=O)OC)cc1. The molecule has 1 amide bonds. The zero-order chi connectivity index (χ0) is 27.4. The predicted molar refractivity (Wildman–Crippen MR) is 136 cm³/mol. The van der Waals surface area contributed by atoms with Crippen molar-refractivity contribution in [1.82, 2.24) is 14.8 Å². The first kappa shape index (κ1) is 27.7. The maximum atomic E-state index is 13.3. The van der Waals surface area contributed by atoms with Gasteiger partial charge in [0, 0.05) is 24.3 Å². The van der Waals surface area contributed by atoms with Gasteiger partial charge in [0.2, 0.25) is 0 Å². The van der Waals surface area contributed by atoms with Crippen LogP contribution in [-0.4, -0.2) is 83.9 Å². The first-order valence-electron chi connectivity index (χ1n) is 12.1. The molecular weight excluding hydrogens is 478 g/mol. The lowest BCUT2D eigenvalue weighted by molar-refractivity contribution is -0.140. The van der Waals surface area contributed by atoms with Crippen molar-refractivity contribution in [3.05, 3.63) is 63.5 Å². The average Bonchev–Trinajstić information content (AvgIpc) is 3.35. The second-order valence-corrected chi connectivity index (χ2v) is 8.75. The summed E-state index contributed by atoms with van der Waals surface area (Å²) in [7, 11) is 2.53. The molecule has 1 aromatic carbocycles. The number of aliphatic hydroxyl groups is 1. The van der Waals surface area contributed by atoms with E-state index in [1.165, 1.54) is 19.1 Å². The van der Waals surface area contributed by atoms with Gasteiger partial charge in [-0.1, -0.05) is 26.0 Å². The van der Waals surface area contributed by atoms with Crippen LogP contribution in [0.3, 0.4) is 0 Å². The van der Waals surface area contributed by atoms with Gasteiger partial charge in [0.05, 0.1) is 31.4 Å². The molecule has 3 rings (SSSR count). The number of aryl methyl sites for hydroxylation is 1. The van der Waals surface area contributed by atoms with Crippen molar-refractivity contribution >= 4 is 29.4 Å². The fourth-order valence-electron chi connectivity index (χ4n) is 4.71. The van der Waals surface area contributed by atoms with Gasteiger partial charge in [-0.3, -0.25) is 9.59 Å². The lowest BCUT2D eigenvalue weighted by atomic mass is 9.93. The van der Waals surface area contributed by atoms with E-state index >= 15 is 0 Å². The van der Waals surface area contributed by atoms with Gasteiger partial charge in [0.1, 0.15) is 11.5 Å².